The summed E-state index contributed by atoms with van der Waals surface area (Å²) in [6, 6.07) is 7.39. The topological polar surface area (TPSA) is 114 Å². The number of hydrogen-bond donors (Lipinski definition) is 4. The van der Waals surface area contributed by atoms with Crippen molar-refractivity contribution in [3.05, 3.63) is 62.9 Å². The number of phenols is 1. The number of hydrogen-bond acceptors (Lipinski definition) is 8. The fourth-order valence-corrected chi connectivity index (χ4v) is 5.33. The summed E-state index contributed by atoms with van der Waals surface area (Å²) in [7, 11) is 0. The van der Waals surface area contributed by atoms with E-state index in [4.69, 9.17) is 11.5 Å². The average Bonchev–Trinajstić information content (AvgIpc) is 2.67. The van der Waals surface area contributed by atoms with E-state index in [-0.39, 0.29) is 11.2 Å². The van der Waals surface area contributed by atoms with Gasteiger partial charge in [0.15, 0.2) is 0 Å². The Morgan fingerprint density at radius 2 is 1.79 bits per heavy atom. The van der Waals surface area contributed by atoms with Gasteiger partial charge in [-0.25, -0.2) is 4.98 Å². The molecule has 28 heavy (non-hydrogen) atoms. The molecule has 0 bridgehead atoms. The molecule has 6 N–H and O–H groups in total. The van der Waals surface area contributed by atoms with Crippen LogP contribution in [0.15, 0.2) is 46.4 Å². The highest BCUT2D eigenvalue weighted by Crippen LogP contribution is 2.47. The second-order valence-corrected chi connectivity index (χ2v) is 8.65. The number of thioether (sulfide) groups is 1. The Labute approximate surface area is 170 Å². The maximum Gasteiger partial charge on any atom is 0.205 e. The van der Waals surface area contributed by atoms with E-state index in [1.54, 1.807) is 30.1 Å². The molecule has 2 heterocycles. The first-order valence-electron chi connectivity index (χ1n) is 8.93. The number of nitrogens with zero attached hydrogens (tertiary/aromatic N) is 1. The van der Waals surface area contributed by atoms with Crippen LogP contribution >= 0.6 is 23.1 Å². The fraction of sp³-hybridized carbons (Fsp3) is 0.200. The van der Waals surface area contributed by atoms with Crippen LogP contribution in [0, 0.1) is 0 Å². The minimum atomic E-state index is -0.0751. The molecule has 144 valence electrons. The molecule has 0 saturated carbocycles. The normalized spacial score (nSPS) is 13.1. The predicted octanol–water partition coefficient (Wildman–Crippen LogP) is 2.83. The molecule has 1 aliphatic carbocycles. The summed E-state index contributed by atoms with van der Waals surface area (Å²) in [6.45, 7) is 1.03. The zero-order valence-electron chi connectivity index (χ0n) is 15.1. The van der Waals surface area contributed by atoms with Gasteiger partial charge in [0.25, 0.3) is 0 Å². The molecule has 0 radical (unpaired) electrons. The highest BCUT2D eigenvalue weighted by atomic mass is 32.2. The van der Waals surface area contributed by atoms with Gasteiger partial charge in [0.05, 0.1) is 15.4 Å². The zero-order valence-corrected chi connectivity index (χ0v) is 16.7. The molecule has 2 aliphatic heterocycles. The number of anilines is 1. The average molecular weight is 413 g/mol. The molecule has 0 spiro atoms. The van der Waals surface area contributed by atoms with E-state index in [1.165, 1.54) is 11.3 Å². The fourth-order valence-electron chi connectivity index (χ4n) is 3.13. The maximum atomic E-state index is 12.3. The number of aromatic nitrogens is 1. The molecule has 8 heteroatoms. The van der Waals surface area contributed by atoms with E-state index in [2.05, 4.69) is 10.3 Å². The number of phenolic OH excluding ortho intramolecular Hbond substituents is 1. The van der Waals surface area contributed by atoms with Crippen molar-refractivity contribution in [2.45, 2.75) is 17.7 Å². The van der Waals surface area contributed by atoms with Crippen LogP contribution in [-0.4, -0.2) is 23.2 Å². The van der Waals surface area contributed by atoms with Crippen molar-refractivity contribution >= 4 is 33.7 Å². The molecule has 0 fully saturated rings. The first-order valence-corrected chi connectivity index (χ1v) is 10.6. The molecule has 3 aliphatic rings. The number of fused-ring (bicyclic) bond motifs is 2. The lowest BCUT2D eigenvalue weighted by Crippen LogP contribution is -2.11. The van der Waals surface area contributed by atoms with Gasteiger partial charge in [-0.3, -0.25) is 4.79 Å². The van der Waals surface area contributed by atoms with Crippen LogP contribution in [0.1, 0.15) is 16.0 Å². The lowest BCUT2D eigenvalue weighted by Gasteiger charge is -2.20. The zero-order chi connectivity index (χ0) is 19.7. The molecule has 6 nitrogen and oxygen atoms in total. The summed E-state index contributed by atoms with van der Waals surface area (Å²) in [5.41, 5.74) is 14.3. The molecule has 4 rings (SSSR count). The highest BCUT2D eigenvalue weighted by molar-refractivity contribution is 8.08. The largest absolute Gasteiger partial charge is 0.506 e. The van der Waals surface area contributed by atoms with E-state index in [1.807, 2.05) is 18.3 Å². The van der Waals surface area contributed by atoms with Gasteiger partial charge in [0.1, 0.15) is 11.4 Å². The lowest BCUT2D eigenvalue weighted by molar-refractivity contribution is 0.475. The van der Waals surface area contributed by atoms with Gasteiger partial charge in [-0.2, -0.15) is 0 Å². The summed E-state index contributed by atoms with van der Waals surface area (Å²) in [6.07, 6.45) is 4.96. The van der Waals surface area contributed by atoms with Gasteiger partial charge in [-0.1, -0.05) is 11.8 Å². The van der Waals surface area contributed by atoms with Crippen molar-refractivity contribution in [1.82, 2.24) is 4.98 Å². The minimum absolute atomic E-state index is 0.0751. The third kappa shape index (κ3) is 3.64. The molecule has 0 saturated heterocycles. The van der Waals surface area contributed by atoms with Gasteiger partial charge in [0, 0.05) is 22.2 Å². The Hall–Kier alpha value is -2.39. The molecule has 0 atom stereocenters. The summed E-state index contributed by atoms with van der Waals surface area (Å²) in [5.74, 6) is 0.214. The lowest BCUT2D eigenvalue weighted by atomic mass is 10.1. The summed E-state index contributed by atoms with van der Waals surface area (Å²) in [4.78, 5) is 20.4. The van der Waals surface area contributed by atoms with Gasteiger partial charge in [0.2, 0.25) is 5.43 Å². The number of benzene rings is 2. The van der Waals surface area contributed by atoms with E-state index >= 15 is 0 Å². The number of aromatic hydroxyl groups is 1. The molecule has 1 aromatic rings. The standard InChI is InChI=1S/C20H20N4O2S2/c21-3-1-11-5-13(25)19-15(7-11)27-17(9-23-19)18-10-24-20-14(26)6-12(2-4-22)8-16(20)28-18/h5-10,23,25H,1-4,21-22H2. The maximum absolute atomic E-state index is 12.3. The smallest absolute Gasteiger partial charge is 0.205 e. The van der Waals surface area contributed by atoms with Crippen molar-refractivity contribution < 1.29 is 5.11 Å². The van der Waals surface area contributed by atoms with Gasteiger partial charge < -0.3 is 21.9 Å². The van der Waals surface area contributed by atoms with Gasteiger partial charge in [-0.15, -0.1) is 11.3 Å². The molecule has 0 aromatic heterocycles. The molecule has 0 amide bonds. The first-order chi connectivity index (χ1) is 13.6. The van der Waals surface area contributed by atoms with Crippen LogP contribution in [0.5, 0.6) is 5.75 Å². The molecule has 1 aromatic carbocycles. The summed E-state index contributed by atoms with van der Waals surface area (Å²) in [5, 5.41) is 13.4. The third-order valence-corrected chi connectivity index (χ3v) is 6.75. The van der Waals surface area contributed by atoms with Crippen LogP contribution in [-0.2, 0) is 12.8 Å². The molecular formula is C20H20N4O2S2. The summed E-state index contributed by atoms with van der Waals surface area (Å²) >= 11 is 3.09. The van der Waals surface area contributed by atoms with Crippen molar-refractivity contribution in [3.8, 4) is 16.3 Å². The Balaban J connectivity index is 1.71. The Morgan fingerprint density at radius 1 is 1.04 bits per heavy atom. The van der Waals surface area contributed by atoms with Crippen molar-refractivity contribution in [2.24, 2.45) is 11.5 Å². The van der Waals surface area contributed by atoms with E-state index in [0.717, 1.165) is 30.7 Å². The Kier molecular flexibility index (Phi) is 5.36. The molecular weight excluding hydrogens is 392 g/mol. The van der Waals surface area contributed by atoms with Crippen molar-refractivity contribution in [1.29, 1.82) is 0 Å². The first kappa shape index (κ1) is 18.9. The summed E-state index contributed by atoms with van der Waals surface area (Å²) < 4.78 is 0. The Bertz CT molecular complexity index is 1090. The van der Waals surface area contributed by atoms with Crippen molar-refractivity contribution in [3.63, 3.8) is 0 Å². The highest BCUT2D eigenvalue weighted by Gasteiger charge is 2.20. The van der Waals surface area contributed by atoms with Gasteiger partial charge in [-0.05, 0) is 61.3 Å². The monoisotopic (exact) mass is 412 g/mol. The number of nitrogens with two attached hydrogens (primary N) is 2. The van der Waals surface area contributed by atoms with Crippen molar-refractivity contribution in [2.75, 3.05) is 18.4 Å². The second kappa shape index (κ2) is 7.92. The third-order valence-electron chi connectivity index (χ3n) is 4.45. The van der Waals surface area contributed by atoms with E-state index in [0.29, 0.717) is 37.3 Å². The predicted molar refractivity (Wildman–Crippen MR) is 116 cm³/mol. The van der Waals surface area contributed by atoms with Crippen LogP contribution in [0.25, 0.3) is 15.5 Å². The van der Waals surface area contributed by atoms with Crippen LogP contribution in [0.2, 0.25) is 0 Å². The minimum Gasteiger partial charge on any atom is -0.506 e. The second-order valence-electron chi connectivity index (χ2n) is 6.49. The van der Waals surface area contributed by atoms with Crippen LogP contribution < -0.4 is 22.2 Å². The Morgan fingerprint density at radius 3 is 2.54 bits per heavy atom. The number of rotatable bonds is 5. The van der Waals surface area contributed by atoms with Crippen LogP contribution in [0.4, 0.5) is 5.69 Å². The SMILES string of the molecule is NCCc1cc(O)c2c(c1)SC(c1cnc3c(=O)cc(CCN)cc-3s1)=CN2. The van der Waals surface area contributed by atoms with E-state index < -0.39 is 0 Å². The quantitative estimate of drug-likeness (QED) is 0.476. The van der Waals surface area contributed by atoms with E-state index in [9.17, 15) is 9.90 Å². The molecule has 0 unspecified atom stereocenters. The van der Waals surface area contributed by atoms with Crippen LogP contribution in [0.3, 0.4) is 0 Å². The van der Waals surface area contributed by atoms with Gasteiger partial charge >= 0.3 is 0 Å². The number of nitrogens with one attached hydrogen (secondary N) is 1.